The molecule has 1 aromatic carbocycles. The third kappa shape index (κ3) is 5.79. The predicted molar refractivity (Wildman–Crippen MR) is 102 cm³/mol. The molecule has 5 heteroatoms. The number of hydrogen-bond donors (Lipinski definition) is 1. The van der Waals surface area contributed by atoms with Crippen LogP contribution in [0.25, 0.3) is 0 Å². The SMILES string of the molecule is Cc1ccccc1CN1CCC(CN(CC(=O)O)CC2CCCO2)CC1. The Labute approximate surface area is 156 Å². The van der Waals surface area contributed by atoms with Crippen molar-refractivity contribution in [1.29, 1.82) is 0 Å². The minimum Gasteiger partial charge on any atom is -0.480 e. The van der Waals surface area contributed by atoms with Gasteiger partial charge >= 0.3 is 5.97 Å². The Kier molecular flexibility index (Phi) is 7.06. The number of nitrogens with zero attached hydrogens (tertiary/aromatic N) is 2. The third-order valence-corrected chi connectivity index (χ3v) is 5.72. The number of carbonyl (C=O) groups is 1. The molecule has 5 nitrogen and oxygen atoms in total. The molecule has 2 fully saturated rings. The van der Waals surface area contributed by atoms with Crippen LogP contribution in [0.3, 0.4) is 0 Å². The fourth-order valence-electron chi connectivity index (χ4n) is 4.19. The second-order valence-electron chi connectivity index (χ2n) is 7.87. The van der Waals surface area contributed by atoms with Gasteiger partial charge in [-0.25, -0.2) is 0 Å². The highest BCUT2D eigenvalue weighted by Crippen LogP contribution is 2.22. The average Bonchev–Trinajstić information content (AvgIpc) is 3.11. The first-order valence-corrected chi connectivity index (χ1v) is 9.93. The van der Waals surface area contributed by atoms with E-state index in [2.05, 4.69) is 41.0 Å². The molecular weight excluding hydrogens is 328 g/mol. The summed E-state index contributed by atoms with van der Waals surface area (Å²) in [7, 11) is 0. The van der Waals surface area contributed by atoms with E-state index in [4.69, 9.17) is 4.74 Å². The minimum absolute atomic E-state index is 0.128. The van der Waals surface area contributed by atoms with Crippen LogP contribution in [0.4, 0.5) is 0 Å². The van der Waals surface area contributed by atoms with E-state index in [1.165, 1.54) is 11.1 Å². The molecule has 1 atom stereocenters. The molecule has 2 saturated heterocycles. The molecule has 3 rings (SSSR count). The summed E-state index contributed by atoms with van der Waals surface area (Å²) >= 11 is 0. The first kappa shape index (κ1) is 19.3. The fraction of sp³-hybridized carbons (Fsp3) is 0.667. The van der Waals surface area contributed by atoms with Gasteiger partial charge in [0.05, 0.1) is 12.6 Å². The number of carboxylic acids is 1. The van der Waals surface area contributed by atoms with Gasteiger partial charge in [0.25, 0.3) is 0 Å². The van der Waals surface area contributed by atoms with Gasteiger partial charge in [0.15, 0.2) is 0 Å². The summed E-state index contributed by atoms with van der Waals surface area (Å²) in [6.45, 7) is 7.98. The number of aryl methyl sites for hydroxylation is 1. The van der Waals surface area contributed by atoms with E-state index < -0.39 is 5.97 Å². The minimum atomic E-state index is -0.736. The van der Waals surface area contributed by atoms with E-state index in [-0.39, 0.29) is 12.6 Å². The number of carboxylic acid groups (broad SMARTS) is 1. The van der Waals surface area contributed by atoms with Crippen molar-refractivity contribution < 1.29 is 14.6 Å². The summed E-state index contributed by atoms with van der Waals surface area (Å²) < 4.78 is 5.71. The summed E-state index contributed by atoms with van der Waals surface area (Å²) in [6.07, 6.45) is 4.67. The Bertz CT molecular complexity index is 578. The predicted octanol–water partition coefficient (Wildman–Crippen LogP) is 2.77. The van der Waals surface area contributed by atoms with Gasteiger partial charge in [0.1, 0.15) is 0 Å². The number of ether oxygens (including phenoxy) is 1. The first-order chi connectivity index (χ1) is 12.6. The zero-order chi connectivity index (χ0) is 18.4. The van der Waals surface area contributed by atoms with Crippen molar-refractivity contribution in [3.8, 4) is 0 Å². The van der Waals surface area contributed by atoms with Crippen LogP contribution in [0.2, 0.25) is 0 Å². The lowest BCUT2D eigenvalue weighted by Crippen LogP contribution is -2.42. The van der Waals surface area contributed by atoms with Gasteiger partial charge < -0.3 is 9.84 Å². The topological polar surface area (TPSA) is 53.0 Å². The van der Waals surface area contributed by atoms with Gasteiger partial charge in [-0.15, -0.1) is 0 Å². The van der Waals surface area contributed by atoms with E-state index in [0.29, 0.717) is 5.92 Å². The molecular formula is C21H32N2O3. The molecule has 1 aromatic rings. The highest BCUT2D eigenvalue weighted by molar-refractivity contribution is 5.69. The van der Waals surface area contributed by atoms with Crippen LogP contribution in [0.15, 0.2) is 24.3 Å². The van der Waals surface area contributed by atoms with Crippen LogP contribution in [0.1, 0.15) is 36.8 Å². The van der Waals surface area contributed by atoms with Crippen LogP contribution in [0.5, 0.6) is 0 Å². The van der Waals surface area contributed by atoms with E-state index >= 15 is 0 Å². The number of piperidine rings is 1. The van der Waals surface area contributed by atoms with Crippen LogP contribution in [-0.4, -0.2) is 66.3 Å². The Hall–Kier alpha value is -1.43. The molecule has 0 bridgehead atoms. The lowest BCUT2D eigenvalue weighted by molar-refractivity contribution is -0.138. The van der Waals surface area contributed by atoms with Crippen LogP contribution in [-0.2, 0) is 16.1 Å². The van der Waals surface area contributed by atoms with Crippen molar-refractivity contribution in [3.63, 3.8) is 0 Å². The lowest BCUT2D eigenvalue weighted by Gasteiger charge is -2.35. The van der Waals surface area contributed by atoms with Gasteiger partial charge in [-0.2, -0.15) is 0 Å². The van der Waals surface area contributed by atoms with Gasteiger partial charge in [-0.3, -0.25) is 14.6 Å². The number of hydrogen-bond acceptors (Lipinski definition) is 4. The highest BCUT2D eigenvalue weighted by Gasteiger charge is 2.25. The van der Waals surface area contributed by atoms with E-state index in [0.717, 1.165) is 65.0 Å². The summed E-state index contributed by atoms with van der Waals surface area (Å²) in [5.74, 6) is -0.149. The first-order valence-electron chi connectivity index (χ1n) is 9.93. The lowest BCUT2D eigenvalue weighted by atomic mass is 9.95. The van der Waals surface area contributed by atoms with Crippen molar-refractivity contribution in [2.75, 3.05) is 39.3 Å². The number of likely N-dealkylation sites (tertiary alicyclic amines) is 1. The Morgan fingerprint density at radius 2 is 2.00 bits per heavy atom. The molecule has 1 N–H and O–H groups in total. The molecule has 0 saturated carbocycles. The van der Waals surface area contributed by atoms with Crippen molar-refractivity contribution in [2.24, 2.45) is 5.92 Å². The van der Waals surface area contributed by atoms with Gasteiger partial charge in [-0.05, 0) is 62.7 Å². The van der Waals surface area contributed by atoms with E-state index in [9.17, 15) is 9.90 Å². The number of aliphatic carboxylic acids is 1. The highest BCUT2D eigenvalue weighted by atomic mass is 16.5. The largest absolute Gasteiger partial charge is 0.480 e. The molecule has 1 unspecified atom stereocenters. The number of rotatable bonds is 8. The second kappa shape index (κ2) is 9.49. The molecule has 26 heavy (non-hydrogen) atoms. The standard InChI is InChI=1S/C21H32N2O3/c1-17-5-2-3-6-19(17)14-22-10-8-18(9-11-22)13-23(16-21(24)25)15-20-7-4-12-26-20/h2-3,5-6,18,20H,4,7-16H2,1H3,(H,24,25). The second-order valence-corrected chi connectivity index (χ2v) is 7.87. The van der Waals surface area contributed by atoms with Crippen molar-refractivity contribution >= 4 is 5.97 Å². The van der Waals surface area contributed by atoms with E-state index in [1.807, 2.05) is 0 Å². The van der Waals surface area contributed by atoms with Crippen LogP contribution >= 0.6 is 0 Å². The maximum Gasteiger partial charge on any atom is 0.317 e. The number of benzene rings is 1. The quantitative estimate of drug-likeness (QED) is 0.773. The smallest absolute Gasteiger partial charge is 0.317 e. The van der Waals surface area contributed by atoms with Gasteiger partial charge in [0.2, 0.25) is 0 Å². The van der Waals surface area contributed by atoms with Crippen LogP contribution < -0.4 is 0 Å². The van der Waals surface area contributed by atoms with Crippen molar-refractivity contribution in [3.05, 3.63) is 35.4 Å². The van der Waals surface area contributed by atoms with Crippen LogP contribution in [0, 0.1) is 12.8 Å². The fourth-order valence-corrected chi connectivity index (χ4v) is 4.19. The molecule has 2 heterocycles. The Balaban J connectivity index is 1.46. The molecule has 0 aromatic heterocycles. The maximum atomic E-state index is 11.2. The normalized spacial score (nSPS) is 22.2. The molecule has 0 aliphatic carbocycles. The zero-order valence-corrected chi connectivity index (χ0v) is 15.9. The average molecular weight is 360 g/mol. The Morgan fingerprint density at radius 1 is 1.23 bits per heavy atom. The molecule has 0 spiro atoms. The Morgan fingerprint density at radius 3 is 2.65 bits per heavy atom. The molecule has 0 amide bonds. The zero-order valence-electron chi connectivity index (χ0n) is 15.9. The van der Waals surface area contributed by atoms with Crippen molar-refractivity contribution in [1.82, 2.24) is 9.80 Å². The van der Waals surface area contributed by atoms with Gasteiger partial charge in [-0.1, -0.05) is 24.3 Å². The maximum absolute atomic E-state index is 11.2. The molecule has 144 valence electrons. The molecule has 2 aliphatic heterocycles. The monoisotopic (exact) mass is 360 g/mol. The third-order valence-electron chi connectivity index (χ3n) is 5.72. The van der Waals surface area contributed by atoms with Gasteiger partial charge in [0, 0.05) is 26.2 Å². The summed E-state index contributed by atoms with van der Waals surface area (Å²) in [6, 6.07) is 8.61. The molecule has 0 radical (unpaired) electrons. The molecule has 2 aliphatic rings. The summed E-state index contributed by atoms with van der Waals surface area (Å²) in [5, 5.41) is 9.23. The van der Waals surface area contributed by atoms with Crippen molar-refractivity contribution in [2.45, 2.75) is 45.3 Å². The summed E-state index contributed by atoms with van der Waals surface area (Å²) in [4.78, 5) is 15.8. The van der Waals surface area contributed by atoms with E-state index in [1.54, 1.807) is 0 Å². The summed E-state index contributed by atoms with van der Waals surface area (Å²) in [5.41, 5.74) is 2.77.